The van der Waals surface area contributed by atoms with Gasteiger partial charge in [0.05, 0.1) is 6.42 Å². The second kappa shape index (κ2) is 8.31. The molecule has 2 amide bonds. The van der Waals surface area contributed by atoms with Crippen molar-refractivity contribution >= 4 is 29.3 Å². The molecule has 130 valence electrons. The minimum Gasteiger partial charge on any atom is -0.369 e. The minimum atomic E-state index is -0.442. The molecule has 0 unspecified atom stereocenters. The molecule has 0 spiro atoms. The van der Waals surface area contributed by atoms with Crippen LogP contribution in [0.2, 0.25) is 0 Å². The van der Waals surface area contributed by atoms with E-state index >= 15 is 0 Å². The van der Waals surface area contributed by atoms with Crippen molar-refractivity contribution in [3.05, 3.63) is 84.1 Å². The van der Waals surface area contributed by atoms with Crippen LogP contribution in [0.1, 0.15) is 15.9 Å². The number of nitrogens with one attached hydrogen (secondary N) is 1. The largest absolute Gasteiger partial charge is 0.369 e. The lowest BCUT2D eigenvalue weighted by Crippen LogP contribution is -2.17. The molecular weight excluding hydrogens is 346 g/mol. The van der Waals surface area contributed by atoms with Crippen LogP contribution < -0.4 is 11.1 Å². The van der Waals surface area contributed by atoms with Crippen molar-refractivity contribution in [3.8, 4) is 0 Å². The third-order valence-corrected chi connectivity index (χ3v) is 4.57. The number of nitrogens with zero attached hydrogens (tertiary/aromatic N) is 1. The second-order valence-corrected chi connectivity index (χ2v) is 6.64. The Balaban J connectivity index is 1.70. The van der Waals surface area contributed by atoms with Crippen LogP contribution in [0.5, 0.6) is 0 Å². The molecule has 1 heterocycles. The van der Waals surface area contributed by atoms with Crippen molar-refractivity contribution in [1.29, 1.82) is 0 Å². The number of hydrogen-bond donors (Lipinski definition) is 2. The average molecular weight is 363 g/mol. The number of anilines is 1. The lowest BCUT2D eigenvalue weighted by Gasteiger charge is -2.10. The molecule has 3 rings (SSSR count). The van der Waals surface area contributed by atoms with Crippen molar-refractivity contribution in [3.63, 3.8) is 0 Å². The summed E-state index contributed by atoms with van der Waals surface area (Å²) in [6.07, 6.45) is 1.82. The third-order valence-electron chi connectivity index (χ3n) is 3.61. The Kier molecular flexibility index (Phi) is 5.66. The molecule has 0 radical (unpaired) electrons. The zero-order valence-corrected chi connectivity index (χ0v) is 14.7. The van der Waals surface area contributed by atoms with Crippen molar-refractivity contribution in [1.82, 2.24) is 4.98 Å². The fourth-order valence-electron chi connectivity index (χ4n) is 2.38. The summed E-state index contributed by atoms with van der Waals surface area (Å²) in [5, 5.41) is 3.73. The lowest BCUT2D eigenvalue weighted by atomic mass is 10.1. The first-order chi connectivity index (χ1) is 12.6. The highest BCUT2D eigenvalue weighted by Crippen LogP contribution is 2.26. The van der Waals surface area contributed by atoms with E-state index in [9.17, 15) is 9.59 Å². The van der Waals surface area contributed by atoms with E-state index in [2.05, 4.69) is 10.3 Å². The van der Waals surface area contributed by atoms with E-state index < -0.39 is 5.91 Å². The molecule has 3 N–H and O–H groups in total. The topological polar surface area (TPSA) is 85.1 Å². The molecule has 0 fully saturated rings. The van der Waals surface area contributed by atoms with Crippen LogP contribution in [-0.2, 0) is 11.2 Å². The third kappa shape index (κ3) is 4.70. The predicted molar refractivity (Wildman–Crippen MR) is 102 cm³/mol. The first-order valence-corrected chi connectivity index (χ1v) is 8.80. The van der Waals surface area contributed by atoms with E-state index in [1.165, 1.54) is 11.8 Å². The molecule has 0 bridgehead atoms. The average Bonchev–Trinajstić information content (AvgIpc) is 2.64. The number of nitrogens with two attached hydrogens (primary N) is 1. The van der Waals surface area contributed by atoms with Gasteiger partial charge in [0.15, 0.2) is 0 Å². The minimum absolute atomic E-state index is 0.0795. The molecule has 0 aliphatic heterocycles. The smallest absolute Gasteiger partial charge is 0.255 e. The van der Waals surface area contributed by atoms with Gasteiger partial charge in [-0.2, -0.15) is 0 Å². The lowest BCUT2D eigenvalue weighted by molar-refractivity contribution is -0.117. The summed E-state index contributed by atoms with van der Waals surface area (Å²) in [4.78, 5) is 28.9. The van der Waals surface area contributed by atoms with Crippen LogP contribution in [0.15, 0.2) is 82.8 Å². The van der Waals surface area contributed by atoms with Gasteiger partial charge in [0, 0.05) is 22.3 Å². The maximum Gasteiger partial charge on any atom is 0.255 e. The van der Waals surface area contributed by atoms with Gasteiger partial charge in [0.2, 0.25) is 5.91 Å². The Morgan fingerprint density at radius 3 is 2.38 bits per heavy atom. The molecule has 5 nitrogen and oxygen atoms in total. The van der Waals surface area contributed by atoms with Crippen LogP contribution in [0.3, 0.4) is 0 Å². The Morgan fingerprint density at radius 1 is 0.962 bits per heavy atom. The van der Waals surface area contributed by atoms with Crippen molar-refractivity contribution < 1.29 is 9.59 Å². The number of carbonyl (C=O) groups excluding carboxylic acids is 2. The summed E-state index contributed by atoms with van der Waals surface area (Å²) in [5.74, 6) is -0.682. The predicted octanol–water partition coefficient (Wildman–Crippen LogP) is 3.51. The van der Waals surface area contributed by atoms with E-state index in [1.54, 1.807) is 42.6 Å². The van der Waals surface area contributed by atoms with Gasteiger partial charge in [-0.15, -0.1) is 0 Å². The number of hydrogen-bond acceptors (Lipinski definition) is 4. The number of primary amides is 1. The fraction of sp³-hybridized carbons (Fsp3) is 0.0500. The van der Waals surface area contributed by atoms with Gasteiger partial charge in [0.1, 0.15) is 5.03 Å². The van der Waals surface area contributed by atoms with Gasteiger partial charge in [-0.3, -0.25) is 9.59 Å². The highest BCUT2D eigenvalue weighted by Gasteiger charge is 2.10. The van der Waals surface area contributed by atoms with E-state index in [1.807, 2.05) is 30.3 Å². The molecule has 0 saturated carbocycles. The highest BCUT2D eigenvalue weighted by atomic mass is 32.2. The quantitative estimate of drug-likeness (QED) is 0.702. The first-order valence-electron chi connectivity index (χ1n) is 7.98. The Hall–Kier alpha value is -3.12. The maximum atomic E-state index is 12.5. The summed E-state index contributed by atoms with van der Waals surface area (Å²) in [6, 6.07) is 20.1. The van der Waals surface area contributed by atoms with E-state index in [0.717, 1.165) is 9.92 Å². The van der Waals surface area contributed by atoms with Crippen LogP contribution in [0.25, 0.3) is 0 Å². The van der Waals surface area contributed by atoms with Gasteiger partial charge < -0.3 is 11.1 Å². The highest BCUT2D eigenvalue weighted by molar-refractivity contribution is 7.99. The molecule has 0 aliphatic rings. The Labute approximate surface area is 155 Å². The van der Waals surface area contributed by atoms with Crippen LogP contribution >= 0.6 is 11.8 Å². The SMILES string of the molecule is NC(=O)Cc1ccccc1NC(=O)c1ccc(Sc2ccccn2)cc1. The number of para-hydroxylation sites is 1. The molecule has 0 atom stereocenters. The summed E-state index contributed by atoms with van der Waals surface area (Å²) < 4.78 is 0. The number of rotatable bonds is 6. The summed E-state index contributed by atoms with van der Waals surface area (Å²) in [5.41, 5.74) is 7.06. The summed E-state index contributed by atoms with van der Waals surface area (Å²) >= 11 is 1.53. The molecule has 0 saturated heterocycles. The Bertz CT molecular complexity index is 912. The maximum absolute atomic E-state index is 12.5. The monoisotopic (exact) mass is 363 g/mol. The van der Waals surface area contributed by atoms with E-state index in [4.69, 9.17) is 5.73 Å². The van der Waals surface area contributed by atoms with Crippen molar-refractivity contribution in [2.45, 2.75) is 16.3 Å². The van der Waals surface area contributed by atoms with E-state index in [-0.39, 0.29) is 12.3 Å². The molecule has 1 aromatic heterocycles. The molecule has 26 heavy (non-hydrogen) atoms. The second-order valence-electron chi connectivity index (χ2n) is 5.55. The standard InChI is InChI=1S/C20H17N3O2S/c21-18(24)13-15-5-1-2-6-17(15)23-20(25)14-8-10-16(11-9-14)26-19-7-3-4-12-22-19/h1-12H,13H2,(H2,21,24)(H,23,25). The normalized spacial score (nSPS) is 10.3. The Morgan fingerprint density at radius 2 is 1.69 bits per heavy atom. The number of benzene rings is 2. The molecule has 2 aromatic carbocycles. The molecule has 0 aliphatic carbocycles. The summed E-state index contributed by atoms with van der Waals surface area (Å²) in [6.45, 7) is 0. The summed E-state index contributed by atoms with van der Waals surface area (Å²) in [7, 11) is 0. The van der Waals surface area contributed by atoms with Gasteiger partial charge in [-0.25, -0.2) is 4.98 Å². The van der Waals surface area contributed by atoms with Gasteiger partial charge >= 0.3 is 0 Å². The zero-order valence-electron chi connectivity index (χ0n) is 13.9. The molecular formula is C20H17N3O2S. The number of amides is 2. The zero-order chi connectivity index (χ0) is 18.4. The van der Waals surface area contributed by atoms with Crippen LogP contribution in [0, 0.1) is 0 Å². The van der Waals surface area contributed by atoms with Gasteiger partial charge in [0.25, 0.3) is 5.91 Å². The van der Waals surface area contributed by atoms with Gasteiger partial charge in [-0.1, -0.05) is 36.0 Å². The van der Waals surface area contributed by atoms with Gasteiger partial charge in [-0.05, 0) is 48.0 Å². The molecule has 6 heteroatoms. The number of carbonyl (C=O) groups is 2. The van der Waals surface area contributed by atoms with Crippen molar-refractivity contribution in [2.75, 3.05) is 5.32 Å². The first kappa shape index (κ1) is 17.7. The number of aromatic nitrogens is 1. The molecule has 3 aromatic rings. The van der Waals surface area contributed by atoms with E-state index in [0.29, 0.717) is 16.8 Å². The number of pyridine rings is 1. The fourth-order valence-corrected chi connectivity index (χ4v) is 3.15. The van der Waals surface area contributed by atoms with Crippen LogP contribution in [0.4, 0.5) is 5.69 Å². The van der Waals surface area contributed by atoms with Crippen molar-refractivity contribution in [2.24, 2.45) is 5.73 Å². The van der Waals surface area contributed by atoms with Crippen LogP contribution in [-0.4, -0.2) is 16.8 Å².